The first-order valence-electron chi connectivity index (χ1n) is 11.0. The summed E-state index contributed by atoms with van der Waals surface area (Å²) in [6.45, 7) is 3.53. The molecule has 180 valence electrons. The maximum Gasteiger partial charge on any atom is 0.242 e. The third kappa shape index (κ3) is 4.55. The Bertz CT molecular complexity index is 1350. The van der Waals surface area contributed by atoms with Gasteiger partial charge in [-0.1, -0.05) is 43.6 Å². The van der Waals surface area contributed by atoms with Crippen molar-refractivity contribution in [1.29, 1.82) is 0 Å². The zero-order chi connectivity index (χ0) is 24.7. The molecule has 4 rings (SSSR count). The number of benzene rings is 2. The Balaban J connectivity index is 1.77. The summed E-state index contributed by atoms with van der Waals surface area (Å²) in [5.74, 6) is -1.53. The highest BCUT2D eigenvalue weighted by molar-refractivity contribution is 7.89. The van der Waals surface area contributed by atoms with E-state index in [2.05, 4.69) is 15.0 Å². The van der Waals surface area contributed by atoms with E-state index >= 15 is 0 Å². The molecule has 1 aromatic heterocycles. The van der Waals surface area contributed by atoms with Gasteiger partial charge in [0.2, 0.25) is 21.8 Å². The topological polar surface area (TPSA) is 134 Å². The number of aromatic amines is 1. The number of para-hydroxylation sites is 1. The van der Waals surface area contributed by atoms with E-state index in [9.17, 15) is 18.0 Å². The van der Waals surface area contributed by atoms with Crippen molar-refractivity contribution >= 4 is 44.3 Å². The molecule has 5 N–H and O–H groups in total. The zero-order valence-electron chi connectivity index (χ0n) is 18.9. The lowest BCUT2D eigenvalue weighted by atomic mass is 9.79. The van der Waals surface area contributed by atoms with E-state index in [1.54, 1.807) is 13.8 Å². The van der Waals surface area contributed by atoms with Crippen LogP contribution in [0.1, 0.15) is 31.5 Å². The minimum absolute atomic E-state index is 0.0101. The smallest absolute Gasteiger partial charge is 0.242 e. The van der Waals surface area contributed by atoms with Crippen LogP contribution in [-0.2, 0) is 32.5 Å². The summed E-state index contributed by atoms with van der Waals surface area (Å²) in [4.78, 5) is 29.0. The number of halogens is 1. The maximum atomic E-state index is 13.7. The molecule has 1 aliphatic carbocycles. The lowest BCUT2D eigenvalue weighted by molar-refractivity contribution is -0.132. The predicted octanol–water partition coefficient (Wildman–Crippen LogP) is 2.65. The van der Waals surface area contributed by atoms with Crippen molar-refractivity contribution < 1.29 is 18.0 Å². The fourth-order valence-corrected chi connectivity index (χ4v) is 6.02. The summed E-state index contributed by atoms with van der Waals surface area (Å²) in [7, 11) is -4.09. The highest BCUT2D eigenvalue weighted by atomic mass is 35.5. The Morgan fingerprint density at radius 2 is 1.79 bits per heavy atom. The van der Waals surface area contributed by atoms with Crippen LogP contribution in [-0.4, -0.2) is 36.8 Å². The van der Waals surface area contributed by atoms with Gasteiger partial charge in [0.1, 0.15) is 11.6 Å². The second kappa shape index (κ2) is 9.05. The molecule has 0 aliphatic heterocycles. The number of amides is 2. The minimum Gasteiger partial charge on any atom is -0.368 e. The first-order valence-corrected chi connectivity index (χ1v) is 12.9. The van der Waals surface area contributed by atoms with Gasteiger partial charge in [-0.3, -0.25) is 9.59 Å². The molecule has 1 heterocycles. The van der Waals surface area contributed by atoms with Crippen LogP contribution in [0.2, 0.25) is 5.02 Å². The number of nitrogens with one attached hydrogen (secondary N) is 3. The Labute approximate surface area is 203 Å². The fraction of sp³-hybridized carbons (Fsp3) is 0.333. The van der Waals surface area contributed by atoms with Crippen molar-refractivity contribution in [2.45, 2.75) is 49.6 Å². The van der Waals surface area contributed by atoms with Gasteiger partial charge in [0.05, 0.1) is 4.90 Å². The average molecular weight is 503 g/mol. The van der Waals surface area contributed by atoms with Gasteiger partial charge in [0.15, 0.2) is 0 Å². The maximum absolute atomic E-state index is 13.7. The van der Waals surface area contributed by atoms with Gasteiger partial charge in [-0.05, 0) is 54.7 Å². The third-order valence-corrected chi connectivity index (χ3v) is 8.13. The molecule has 10 heteroatoms. The molecule has 0 saturated carbocycles. The number of carbonyl (C=O) groups is 2. The molecule has 2 atom stereocenters. The van der Waals surface area contributed by atoms with Gasteiger partial charge < -0.3 is 16.0 Å². The number of fused-ring (bicyclic) bond motifs is 3. The van der Waals surface area contributed by atoms with Gasteiger partial charge in [-0.2, -0.15) is 4.72 Å². The zero-order valence-corrected chi connectivity index (χ0v) is 20.5. The number of sulfonamides is 1. The van der Waals surface area contributed by atoms with E-state index in [0.717, 1.165) is 22.2 Å². The van der Waals surface area contributed by atoms with Crippen LogP contribution in [0.4, 0.5) is 0 Å². The quantitative estimate of drug-likeness (QED) is 0.395. The van der Waals surface area contributed by atoms with Gasteiger partial charge in [0.25, 0.3) is 0 Å². The molecular weight excluding hydrogens is 476 g/mol. The predicted molar refractivity (Wildman–Crippen MR) is 131 cm³/mol. The van der Waals surface area contributed by atoms with Crippen molar-refractivity contribution in [3.8, 4) is 0 Å². The van der Waals surface area contributed by atoms with E-state index in [1.165, 1.54) is 24.3 Å². The van der Waals surface area contributed by atoms with Crippen LogP contribution in [0.3, 0.4) is 0 Å². The standard InChI is InChI=1S/C24H27ClN4O4S/c1-14(2)21(22(26)30)28-23(31)24(29-34(32,33)16-9-7-15(25)8-10-16)12-11-20-18(13-24)17-5-3-4-6-19(17)27-20/h3-10,14,21,27,29H,11-13H2,1-2H3,(H2,26,30)(H,28,31)/t21-,24+/m0/s1. The summed E-state index contributed by atoms with van der Waals surface area (Å²) >= 11 is 5.92. The molecule has 0 radical (unpaired) electrons. The third-order valence-electron chi connectivity index (χ3n) is 6.33. The van der Waals surface area contributed by atoms with E-state index in [4.69, 9.17) is 17.3 Å². The number of primary amides is 1. The monoisotopic (exact) mass is 502 g/mol. The number of aryl methyl sites for hydroxylation is 1. The largest absolute Gasteiger partial charge is 0.368 e. The lowest BCUT2D eigenvalue weighted by Gasteiger charge is -2.37. The average Bonchev–Trinajstić information content (AvgIpc) is 3.14. The molecule has 2 aromatic carbocycles. The molecule has 0 fully saturated rings. The highest BCUT2D eigenvalue weighted by Crippen LogP contribution is 2.35. The van der Waals surface area contributed by atoms with Crippen molar-refractivity contribution in [1.82, 2.24) is 15.0 Å². The fourth-order valence-electron chi connectivity index (χ4n) is 4.50. The molecule has 2 amide bonds. The number of hydrogen-bond donors (Lipinski definition) is 4. The second-order valence-corrected chi connectivity index (χ2v) is 11.2. The Morgan fingerprint density at radius 3 is 2.44 bits per heavy atom. The normalized spacial score (nSPS) is 19.1. The van der Waals surface area contributed by atoms with Crippen LogP contribution in [0.25, 0.3) is 10.9 Å². The Morgan fingerprint density at radius 1 is 1.12 bits per heavy atom. The summed E-state index contributed by atoms with van der Waals surface area (Å²) in [5.41, 5.74) is 6.75. The van der Waals surface area contributed by atoms with Crippen LogP contribution >= 0.6 is 11.6 Å². The van der Waals surface area contributed by atoms with Crippen molar-refractivity contribution in [3.63, 3.8) is 0 Å². The Kier molecular flexibility index (Phi) is 6.46. The highest BCUT2D eigenvalue weighted by Gasteiger charge is 2.46. The second-order valence-electron chi connectivity index (χ2n) is 9.04. The number of carbonyl (C=O) groups excluding carboxylic acids is 2. The number of rotatable bonds is 7. The first-order chi connectivity index (χ1) is 16.0. The minimum atomic E-state index is -4.09. The number of hydrogen-bond acceptors (Lipinski definition) is 4. The van der Waals surface area contributed by atoms with Crippen LogP contribution in [0.15, 0.2) is 53.4 Å². The number of aromatic nitrogens is 1. The lowest BCUT2D eigenvalue weighted by Crippen LogP contribution is -2.64. The van der Waals surface area contributed by atoms with Gasteiger partial charge in [0, 0.05) is 28.0 Å². The van der Waals surface area contributed by atoms with Crippen molar-refractivity contribution in [2.24, 2.45) is 11.7 Å². The molecule has 1 aliphatic rings. The summed E-state index contributed by atoms with van der Waals surface area (Å²) < 4.78 is 29.4. The molecule has 8 nitrogen and oxygen atoms in total. The summed E-state index contributed by atoms with van der Waals surface area (Å²) in [6, 6.07) is 12.5. The molecule has 34 heavy (non-hydrogen) atoms. The molecular formula is C24H27ClN4O4S. The van der Waals surface area contributed by atoms with Gasteiger partial charge >= 0.3 is 0 Å². The van der Waals surface area contributed by atoms with Crippen LogP contribution < -0.4 is 15.8 Å². The van der Waals surface area contributed by atoms with Crippen molar-refractivity contribution in [3.05, 3.63) is 64.8 Å². The molecule has 0 bridgehead atoms. The molecule has 0 saturated heterocycles. The SMILES string of the molecule is CC(C)[C@H](NC(=O)[C@@]1(NS(=O)(=O)c2ccc(Cl)cc2)CCc2[nH]c3ccccc3c2C1)C(N)=O. The van der Waals surface area contributed by atoms with Gasteiger partial charge in [-0.25, -0.2) is 8.42 Å². The summed E-state index contributed by atoms with van der Waals surface area (Å²) in [5, 5.41) is 4.03. The Hall–Kier alpha value is -2.88. The van der Waals surface area contributed by atoms with Gasteiger partial charge in [-0.15, -0.1) is 0 Å². The van der Waals surface area contributed by atoms with E-state index in [1.807, 2.05) is 24.3 Å². The molecule has 0 unspecified atom stereocenters. The molecule has 3 aromatic rings. The summed E-state index contributed by atoms with van der Waals surface area (Å²) in [6.07, 6.45) is 0.771. The van der Waals surface area contributed by atoms with Crippen molar-refractivity contribution in [2.75, 3.05) is 0 Å². The first kappa shape index (κ1) is 24.3. The van der Waals surface area contributed by atoms with E-state index in [-0.39, 0.29) is 23.7 Å². The van der Waals surface area contributed by atoms with E-state index in [0.29, 0.717) is 11.4 Å². The van der Waals surface area contributed by atoms with Crippen LogP contribution in [0.5, 0.6) is 0 Å². The number of nitrogens with two attached hydrogens (primary N) is 1. The van der Waals surface area contributed by atoms with E-state index < -0.39 is 33.4 Å². The van der Waals surface area contributed by atoms with Crippen LogP contribution in [0, 0.1) is 5.92 Å². The molecule has 0 spiro atoms. The number of H-pyrrole nitrogens is 1.